The number of carbonyl (C=O) groups excluding carboxylic acids is 2. The van der Waals surface area contributed by atoms with Crippen LogP contribution in [-0.4, -0.2) is 52.4 Å². The highest BCUT2D eigenvalue weighted by Gasteiger charge is 2.41. The van der Waals surface area contributed by atoms with Gasteiger partial charge in [-0.2, -0.15) is 0 Å². The number of amides is 2. The number of nitrogens with zero attached hydrogens (tertiary/aromatic N) is 2. The normalized spacial score (nSPS) is 27.1. The van der Waals surface area contributed by atoms with Crippen LogP contribution in [0, 0.1) is 12.8 Å². The van der Waals surface area contributed by atoms with Gasteiger partial charge in [0.25, 0.3) is 5.91 Å². The molecule has 160 valence electrons. The van der Waals surface area contributed by atoms with Crippen LogP contribution in [0.15, 0.2) is 4.42 Å². The Morgan fingerprint density at radius 1 is 1.14 bits per heavy atom. The molecule has 0 radical (unpaired) electrons. The van der Waals surface area contributed by atoms with E-state index in [1.54, 1.807) is 0 Å². The van der Waals surface area contributed by atoms with Crippen LogP contribution in [0.3, 0.4) is 0 Å². The number of rotatable bonds is 6. The van der Waals surface area contributed by atoms with Crippen LogP contribution in [0.2, 0.25) is 0 Å². The second kappa shape index (κ2) is 7.74. The van der Waals surface area contributed by atoms with Crippen LogP contribution in [0.5, 0.6) is 0 Å². The smallest absolute Gasteiger partial charge is 0.289 e. The van der Waals surface area contributed by atoms with E-state index in [2.05, 4.69) is 20.5 Å². The first kappa shape index (κ1) is 20.4. The zero-order valence-corrected chi connectivity index (χ0v) is 18.1. The van der Waals surface area contributed by atoms with Gasteiger partial charge in [0.05, 0.1) is 12.2 Å². The van der Waals surface area contributed by atoms with Crippen LogP contribution in [0.25, 0.3) is 0 Å². The molecular weight excluding hydrogens is 368 g/mol. The molecule has 1 aliphatic carbocycles. The molecular formula is C22H34N4O3. The van der Waals surface area contributed by atoms with Crippen LogP contribution in [-0.2, 0) is 4.79 Å². The van der Waals surface area contributed by atoms with Gasteiger partial charge in [-0.3, -0.25) is 14.5 Å². The minimum atomic E-state index is -0.197. The molecule has 4 rings (SSSR count). The van der Waals surface area contributed by atoms with Crippen LogP contribution >= 0.6 is 0 Å². The highest BCUT2D eigenvalue weighted by Crippen LogP contribution is 2.40. The van der Waals surface area contributed by atoms with E-state index in [1.807, 2.05) is 27.7 Å². The number of nitrogens with one attached hydrogen (secondary N) is 2. The van der Waals surface area contributed by atoms with E-state index < -0.39 is 0 Å². The number of aromatic nitrogens is 1. The van der Waals surface area contributed by atoms with Crippen molar-refractivity contribution in [3.63, 3.8) is 0 Å². The van der Waals surface area contributed by atoms with E-state index >= 15 is 0 Å². The molecule has 1 aromatic heterocycles. The summed E-state index contributed by atoms with van der Waals surface area (Å²) in [6.45, 7) is 9.01. The van der Waals surface area contributed by atoms with E-state index in [0.29, 0.717) is 54.4 Å². The van der Waals surface area contributed by atoms with Gasteiger partial charge in [0, 0.05) is 30.1 Å². The number of piperidine rings is 1. The van der Waals surface area contributed by atoms with Gasteiger partial charge in [0.2, 0.25) is 11.7 Å². The van der Waals surface area contributed by atoms with Gasteiger partial charge in [0.1, 0.15) is 0 Å². The molecule has 3 atom stereocenters. The van der Waals surface area contributed by atoms with Crippen molar-refractivity contribution in [2.24, 2.45) is 5.92 Å². The zero-order chi connectivity index (χ0) is 20.8. The Kier molecular flexibility index (Phi) is 5.44. The first-order valence-electron chi connectivity index (χ1n) is 11.0. The van der Waals surface area contributed by atoms with E-state index in [9.17, 15) is 9.59 Å². The summed E-state index contributed by atoms with van der Waals surface area (Å²) >= 11 is 0. The standard InChI is InChI=1S/C22H34N4O3/c1-13-19(29-21(24-13)15-5-6-15)20(28)23-11-14-9-16-7-8-17(10-14)26(16)12-18(27)25-22(2,3)4/h14-17H,5-12H2,1-4H3,(H,23,28)(H,25,27)/t14?,16-,17+. The van der Waals surface area contributed by atoms with Crippen molar-refractivity contribution in [2.45, 2.75) is 89.8 Å². The summed E-state index contributed by atoms with van der Waals surface area (Å²) in [6.07, 6.45) is 6.56. The highest BCUT2D eigenvalue weighted by atomic mass is 16.4. The van der Waals surface area contributed by atoms with E-state index in [-0.39, 0.29) is 17.4 Å². The number of carbonyl (C=O) groups is 2. The first-order valence-corrected chi connectivity index (χ1v) is 11.0. The maximum atomic E-state index is 12.6. The predicted octanol–water partition coefficient (Wildman–Crippen LogP) is 2.75. The van der Waals surface area contributed by atoms with E-state index in [4.69, 9.17) is 4.42 Å². The number of hydrogen-bond donors (Lipinski definition) is 2. The summed E-state index contributed by atoms with van der Waals surface area (Å²) in [5, 5.41) is 6.14. The topological polar surface area (TPSA) is 87.5 Å². The number of fused-ring (bicyclic) bond motifs is 2. The number of oxazole rings is 1. The van der Waals surface area contributed by atoms with Gasteiger partial charge < -0.3 is 15.1 Å². The molecule has 3 fully saturated rings. The number of hydrogen-bond acceptors (Lipinski definition) is 5. The molecule has 2 amide bonds. The predicted molar refractivity (Wildman–Crippen MR) is 110 cm³/mol. The first-order chi connectivity index (χ1) is 13.7. The second-order valence-electron chi connectivity index (χ2n) is 10.1. The third kappa shape index (κ3) is 4.82. The Bertz CT molecular complexity index is 764. The van der Waals surface area contributed by atoms with Crippen LogP contribution in [0.1, 0.15) is 87.4 Å². The van der Waals surface area contributed by atoms with E-state index in [1.165, 1.54) is 0 Å². The Balaban J connectivity index is 1.28. The summed E-state index contributed by atoms with van der Waals surface area (Å²) in [4.78, 5) is 31.7. The SMILES string of the molecule is Cc1nc(C2CC2)oc1C(=O)NCC1C[C@H]2CC[C@@H](C1)N2CC(=O)NC(C)(C)C. The average molecular weight is 403 g/mol. The minimum absolute atomic E-state index is 0.105. The Morgan fingerprint density at radius 2 is 1.79 bits per heavy atom. The fourth-order valence-electron chi connectivity index (χ4n) is 4.89. The molecule has 7 nitrogen and oxygen atoms in total. The van der Waals surface area contributed by atoms with Crippen LogP contribution < -0.4 is 10.6 Å². The van der Waals surface area contributed by atoms with Crippen molar-refractivity contribution in [2.75, 3.05) is 13.1 Å². The van der Waals surface area contributed by atoms with Gasteiger partial charge in [-0.1, -0.05) is 0 Å². The summed E-state index contributed by atoms with van der Waals surface area (Å²) in [6, 6.07) is 0.879. The molecule has 2 N–H and O–H groups in total. The quantitative estimate of drug-likeness (QED) is 0.764. The maximum Gasteiger partial charge on any atom is 0.289 e. The maximum absolute atomic E-state index is 12.6. The molecule has 3 heterocycles. The molecule has 2 bridgehead atoms. The minimum Gasteiger partial charge on any atom is -0.435 e. The van der Waals surface area contributed by atoms with Gasteiger partial charge >= 0.3 is 0 Å². The Morgan fingerprint density at radius 3 is 2.38 bits per heavy atom. The van der Waals surface area contributed by atoms with Crippen molar-refractivity contribution >= 4 is 11.8 Å². The average Bonchev–Trinajstić information content (AvgIpc) is 3.36. The van der Waals surface area contributed by atoms with Crippen molar-refractivity contribution < 1.29 is 14.0 Å². The van der Waals surface area contributed by atoms with Crippen molar-refractivity contribution in [1.82, 2.24) is 20.5 Å². The summed E-state index contributed by atoms with van der Waals surface area (Å²) in [5.74, 6) is 1.89. The largest absolute Gasteiger partial charge is 0.435 e. The zero-order valence-electron chi connectivity index (χ0n) is 18.1. The summed E-state index contributed by atoms with van der Waals surface area (Å²) in [5.41, 5.74) is 0.487. The molecule has 29 heavy (non-hydrogen) atoms. The number of aryl methyl sites for hydroxylation is 1. The highest BCUT2D eigenvalue weighted by molar-refractivity contribution is 5.92. The lowest BCUT2D eigenvalue weighted by Crippen LogP contribution is -2.52. The lowest BCUT2D eigenvalue weighted by Gasteiger charge is -2.39. The Labute approximate surface area is 173 Å². The molecule has 7 heteroatoms. The van der Waals surface area contributed by atoms with Gasteiger partial charge in [-0.05, 0) is 72.1 Å². The van der Waals surface area contributed by atoms with Crippen LogP contribution in [0.4, 0.5) is 0 Å². The molecule has 1 saturated carbocycles. The summed E-state index contributed by atoms with van der Waals surface area (Å²) < 4.78 is 5.72. The van der Waals surface area contributed by atoms with E-state index in [0.717, 1.165) is 38.5 Å². The fourth-order valence-corrected chi connectivity index (χ4v) is 4.89. The lowest BCUT2D eigenvalue weighted by atomic mass is 9.90. The van der Waals surface area contributed by atoms with Crippen molar-refractivity contribution in [3.05, 3.63) is 17.3 Å². The molecule has 0 spiro atoms. The van der Waals surface area contributed by atoms with Gasteiger partial charge in [-0.25, -0.2) is 4.98 Å². The second-order valence-corrected chi connectivity index (χ2v) is 10.1. The molecule has 2 aliphatic heterocycles. The summed E-state index contributed by atoms with van der Waals surface area (Å²) in [7, 11) is 0. The fraction of sp³-hybridized carbons (Fsp3) is 0.773. The van der Waals surface area contributed by atoms with Crippen molar-refractivity contribution in [3.8, 4) is 0 Å². The molecule has 0 aromatic carbocycles. The molecule has 2 saturated heterocycles. The van der Waals surface area contributed by atoms with Gasteiger partial charge in [-0.15, -0.1) is 0 Å². The third-order valence-corrected chi connectivity index (χ3v) is 6.32. The van der Waals surface area contributed by atoms with Crippen molar-refractivity contribution in [1.29, 1.82) is 0 Å². The Hall–Kier alpha value is -1.89. The van der Waals surface area contributed by atoms with Gasteiger partial charge in [0.15, 0.2) is 5.89 Å². The monoisotopic (exact) mass is 402 g/mol. The molecule has 3 aliphatic rings. The molecule has 1 unspecified atom stereocenters. The third-order valence-electron chi connectivity index (χ3n) is 6.32. The molecule has 1 aromatic rings. The lowest BCUT2D eigenvalue weighted by molar-refractivity contribution is -0.125.